The van der Waals surface area contributed by atoms with Crippen LogP contribution in [0.2, 0.25) is 0 Å². The van der Waals surface area contributed by atoms with Crippen LogP contribution in [0.5, 0.6) is 0 Å². The molecule has 0 aliphatic carbocycles. The molecule has 1 rings (SSSR count). The second kappa shape index (κ2) is 9.43. The van der Waals surface area contributed by atoms with E-state index in [1.807, 2.05) is 0 Å². The van der Waals surface area contributed by atoms with Crippen LogP contribution in [0.25, 0.3) is 0 Å². The molecule has 2 unspecified atom stereocenters. The first-order valence-corrected chi connectivity index (χ1v) is 13.0. The van der Waals surface area contributed by atoms with E-state index in [1.54, 1.807) is 27.7 Å². The van der Waals surface area contributed by atoms with Crippen molar-refractivity contribution in [3.63, 3.8) is 0 Å². The van der Waals surface area contributed by atoms with Crippen LogP contribution in [-0.4, -0.2) is 50.2 Å². The molecule has 1 aliphatic heterocycles. The van der Waals surface area contributed by atoms with Crippen molar-refractivity contribution in [3.05, 3.63) is 0 Å². The Hall–Kier alpha value is 0.230. The van der Waals surface area contributed by atoms with E-state index in [0.29, 0.717) is 6.61 Å². The first kappa shape index (κ1) is 23.3. The molecule has 0 spiro atoms. The van der Waals surface area contributed by atoms with Gasteiger partial charge in [-0.2, -0.15) is 0 Å². The van der Waals surface area contributed by atoms with Crippen molar-refractivity contribution in [2.24, 2.45) is 0 Å². The third-order valence-corrected chi connectivity index (χ3v) is 10.3. The Morgan fingerprint density at radius 3 is 2.08 bits per heavy atom. The molecule has 1 fully saturated rings. The number of hydrogen-bond donors (Lipinski definition) is 0. The van der Waals surface area contributed by atoms with Gasteiger partial charge in [-0.1, -0.05) is 0 Å². The molecule has 0 aromatic rings. The summed E-state index contributed by atoms with van der Waals surface area (Å²) in [5.74, 6) is 0. The van der Waals surface area contributed by atoms with E-state index in [-0.39, 0.29) is 13.0 Å². The summed E-state index contributed by atoms with van der Waals surface area (Å²) < 4.78 is 63.7. The van der Waals surface area contributed by atoms with E-state index in [1.165, 1.54) is 13.3 Å². The SMILES string of the molecule is CC(C)OP(=O)(OC(C)C)C(F)(CCOC1CCCCO1)P(C)(C)=O. The summed E-state index contributed by atoms with van der Waals surface area (Å²) in [4.78, 5) is 0. The summed E-state index contributed by atoms with van der Waals surface area (Å²) in [6.07, 6.45) is 0.888. The van der Waals surface area contributed by atoms with E-state index < -0.39 is 38.4 Å². The Bertz CT molecular complexity index is 487. The average molecular weight is 402 g/mol. The maximum Gasteiger partial charge on any atom is 0.375 e. The molecule has 1 saturated heterocycles. The van der Waals surface area contributed by atoms with Gasteiger partial charge in [0.25, 0.3) is 5.15 Å². The maximum absolute atomic E-state index is 15.9. The van der Waals surface area contributed by atoms with Crippen molar-refractivity contribution in [1.29, 1.82) is 0 Å². The highest BCUT2D eigenvalue weighted by atomic mass is 31.2. The van der Waals surface area contributed by atoms with Crippen molar-refractivity contribution < 1.29 is 32.0 Å². The summed E-state index contributed by atoms with van der Waals surface area (Å²) in [6, 6.07) is 0. The van der Waals surface area contributed by atoms with Gasteiger partial charge in [-0.25, -0.2) is 4.39 Å². The zero-order chi connectivity index (χ0) is 19.3. The Labute approximate surface area is 151 Å². The average Bonchev–Trinajstić information content (AvgIpc) is 2.45. The molecular formula is C16H33FO6P2. The standard InChI is InChI=1S/C16H33FO6P2/c1-13(2)22-25(19,23-14(3)4)16(17,24(5,6)18)10-12-21-15-9-7-8-11-20-15/h13-15H,7-12H2,1-6H3. The molecule has 0 radical (unpaired) electrons. The lowest BCUT2D eigenvalue weighted by Crippen LogP contribution is -2.31. The summed E-state index contributed by atoms with van der Waals surface area (Å²) in [5.41, 5.74) is 0. The zero-order valence-corrected chi connectivity index (χ0v) is 18.0. The second-order valence-electron chi connectivity index (χ2n) is 7.29. The topological polar surface area (TPSA) is 71.1 Å². The molecule has 6 nitrogen and oxygen atoms in total. The molecule has 0 bridgehead atoms. The fourth-order valence-electron chi connectivity index (χ4n) is 2.61. The van der Waals surface area contributed by atoms with E-state index in [9.17, 15) is 9.13 Å². The Morgan fingerprint density at radius 2 is 1.68 bits per heavy atom. The quantitative estimate of drug-likeness (QED) is 0.467. The largest absolute Gasteiger partial charge is 0.375 e. The van der Waals surface area contributed by atoms with Gasteiger partial charge in [0.05, 0.1) is 18.8 Å². The highest BCUT2D eigenvalue weighted by molar-refractivity contribution is 7.78. The van der Waals surface area contributed by atoms with E-state index >= 15 is 4.39 Å². The molecule has 0 amide bonds. The van der Waals surface area contributed by atoms with Crippen LogP contribution in [-0.2, 0) is 27.7 Å². The van der Waals surface area contributed by atoms with E-state index in [4.69, 9.17) is 18.5 Å². The molecule has 0 N–H and O–H groups in total. The lowest BCUT2D eigenvalue weighted by Gasteiger charge is -2.37. The van der Waals surface area contributed by atoms with Gasteiger partial charge in [0, 0.05) is 13.0 Å². The number of halogens is 1. The zero-order valence-electron chi connectivity index (χ0n) is 16.2. The van der Waals surface area contributed by atoms with Crippen molar-refractivity contribution >= 4 is 14.7 Å². The minimum absolute atomic E-state index is 0.0697. The van der Waals surface area contributed by atoms with Crippen LogP contribution >= 0.6 is 14.7 Å². The lowest BCUT2D eigenvalue weighted by atomic mass is 10.2. The molecule has 1 heterocycles. The number of ether oxygens (including phenoxy) is 2. The van der Waals surface area contributed by atoms with Crippen LogP contribution in [0.3, 0.4) is 0 Å². The lowest BCUT2D eigenvalue weighted by molar-refractivity contribution is -0.164. The molecule has 25 heavy (non-hydrogen) atoms. The van der Waals surface area contributed by atoms with Crippen molar-refractivity contribution in [3.8, 4) is 0 Å². The summed E-state index contributed by atoms with van der Waals surface area (Å²) in [6.45, 7) is 9.63. The van der Waals surface area contributed by atoms with Gasteiger partial charge < -0.3 is 23.1 Å². The van der Waals surface area contributed by atoms with Gasteiger partial charge in [0.2, 0.25) is 0 Å². The fourth-order valence-corrected chi connectivity index (χ4v) is 7.73. The summed E-state index contributed by atoms with van der Waals surface area (Å²) >= 11 is 0. The Balaban J connectivity index is 2.97. The van der Waals surface area contributed by atoms with Gasteiger partial charge in [0.1, 0.15) is 7.14 Å². The molecule has 2 atom stereocenters. The van der Waals surface area contributed by atoms with Crippen LogP contribution in [0.15, 0.2) is 0 Å². The summed E-state index contributed by atoms with van der Waals surface area (Å²) in [7, 11) is -7.79. The van der Waals surface area contributed by atoms with Gasteiger partial charge in [0.15, 0.2) is 6.29 Å². The monoisotopic (exact) mass is 402 g/mol. The molecule has 9 heteroatoms. The van der Waals surface area contributed by atoms with Crippen LogP contribution in [0.1, 0.15) is 53.4 Å². The van der Waals surface area contributed by atoms with Crippen molar-refractivity contribution in [2.75, 3.05) is 26.5 Å². The summed E-state index contributed by atoms with van der Waals surface area (Å²) in [5, 5.41) is -2.61. The molecule has 0 aromatic carbocycles. The normalized spacial score (nSPS) is 22.4. The van der Waals surface area contributed by atoms with Gasteiger partial charge in [-0.3, -0.25) is 4.57 Å². The maximum atomic E-state index is 15.9. The van der Waals surface area contributed by atoms with Crippen LogP contribution in [0, 0.1) is 0 Å². The Kier molecular flexibility index (Phi) is 8.78. The predicted octanol–water partition coefficient (Wildman–Crippen LogP) is 5.21. The third kappa shape index (κ3) is 6.41. The van der Waals surface area contributed by atoms with Gasteiger partial charge in [-0.05, 0) is 60.3 Å². The van der Waals surface area contributed by atoms with Crippen molar-refractivity contribution in [2.45, 2.75) is 77.0 Å². The smallest absolute Gasteiger partial charge is 0.353 e. The van der Waals surface area contributed by atoms with Gasteiger partial charge >= 0.3 is 7.60 Å². The number of rotatable bonds is 10. The van der Waals surface area contributed by atoms with Crippen LogP contribution in [0.4, 0.5) is 4.39 Å². The molecular weight excluding hydrogens is 369 g/mol. The van der Waals surface area contributed by atoms with E-state index in [2.05, 4.69) is 0 Å². The minimum Gasteiger partial charge on any atom is -0.353 e. The van der Waals surface area contributed by atoms with Crippen LogP contribution < -0.4 is 0 Å². The third-order valence-electron chi connectivity index (χ3n) is 3.81. The molecule has 0 saturated carbocycles. The van der Waals surface area contributed by atoms with Gasteiger partial charge in [-0.15, -0.1) is 0 Å². The predicted molar refractivity (Wildman–Crippen MR) is 97.5 cm³/mol. The molecule has 0 aromatic heterocycles. The first-order valence-electron chi connectivity index (χ1n) is 8.85. The Morgan fingerprint density at radius 1 is 1.12 bits per heavy atom. The minimum atomic E-state index is -4.30. The highest BCUT2D eigenvalue weighted by Gasteiger charge is 2.60. The van der Waals surface area contributed by atoms with Crippen molar-refractivity contribution in [1.82, 2.24) is 0 Å². The second-order valence-corrected chi connectivity index (χ2v) is 13.2. The number of alkyl halides is 1. The molecule has 150 valence electrons. The van der Waals surface area contributed by atoms with E-state index in [0.717, 1.165) is 19.3 Å². The first-order chi connectivity index (χ1) is 11.4. The molecule has 1 aliphatic rings. The number of hydrogen-bond acceptors (Lipinski definition) is 6. The highest BCUT2D eigenvalue weighted by Crippen LogP contribution is 2.77. The fraction of sp³-hybridized carbons (Fsp3) is 1.00.